The molecular weight excluding hydrogens is 212 g/mol. The van der Waals surface area contributed by atoms with Gasteiger partial charge in [-0.2, -0.15) is 0 Å². The molecule has 0 aliphatic heterocycles. The lowest BCUT2D eigenvalue weighted by Crippen LogP contribution is -2.06. The van der Waals surface area contributed by atoms with E-state index in [1.54, 1.807) is 12.4 Å². The highest BCUT2D eigenvalue weighted by Crippen LogP contribution is 2.15. The van der Waals surface area contributed by atoms with Gasteiger partial charge in [0.1, 0.15) is 5.75 Å². The molecule has 0 amide bonds. The quantitative estimate of drug-likeness (QED) is 0.853. The van der Waals surface area contributed by atoms with Crippen molar-refractivity contribution in [1.29, 1.82) is 0 Å². The molecule has 0 spiro atoms. The van der Waals surface area contributed by atoms with Gasteiger partial charge in [0, 0.05) is 30.9 Å². The highest BCUT2D eigenvalue weighted by atomic mass is 16.5. The molecule has 0 aliphatic rings. The largest absolute Gasteiger partial charge is 0.493 e. The lowest BCUT2D eigenvalue weighted by Gasteiger charge is -2.09. The van der Waals surface area contributed by atoms with Gasteiger partial charge in [0.15, 0.2) is 0 Å². The van der Waals surface area contributed by atoms with Crippen LogP contribution in [-0.2, 0) is 13.0 Å². The van der Waals surface area contributed by atoms with Crippen LogP contribution in [0.3, 0.4) is 0 Å². The fourth-order valence-electron chi connectivity index (χ4n) is 1.63. The number of ether oxygens (including phenoxy) is 1. The van der Waals surface area contributed by atoms with Gasteiger partial charge in [0.25, 0.3) is 0 Å². The third-order valence-corrected chi connectivity index (χ3v) is 2.57. The number of benzene rings is 1. The predicted molar refractivity (Wildman–Crippen MR) is 67.8 cm³/mol. The van der Waals surface area contributed by atoms with E-state index in [1.165, 1.54) is 5.56 Å². The highest BCUT2D eigenvalue weighted by Gasteiger charge is 2.01. The molecule has 17 heavy (non-hydrogen) atoms. The first-order valence-corrected chi connectivity index (χ1v) is 5.70. The van der Waals surface area contributed by atoms with Crippen LogP contribution in [0.15, 0.2) is 48.8 Å². The molecule has 0 saturated heterocycles. The molecule has 0 unspecified atom stereocenters. The van der Waals surface area contributed by atoms with Gasteiger partial charge in [-0.05, 0) is 11.6 Å². The Bertz CT molecular complexity index is 457. The Hall–Kier alpha value is -1.87. The zero-order chi connectivity index (χ0) is 11.9. The molecule has 2 aromatic rings. The second-order valence-corrected chi connectivity index (χ2v) is 3.77. The summed E-state index contributed by atoms with van der Waals surface area (Å²) in [7, 11) is 0. The molecular formula is C14H16N2O. The summed E-state index contributed by atoms with van der Waals surface area (Å²) in [5.41, 5.74) is 7.83. The van der Waals surface area contributed by atoms with Crippen molar-refractivity contribution in [3.05, 3.63) is 59.9 Å². The Balaban J connectivity index is 1.90. The fourth-order valence-corrected chi connectivity index (χ4v) is 1.63. The minimum Gasteiger partial charge on any atom is -0.493 e. The maximum absolute atomic E-state index is 5.71. The van der Waals surface area contributed by atoms with Crippen LogP contribution in [0.2, 0.25) is 0 Å². The number of aromatic nitrogens is 1. The SMILES string of the molecule is NCc1cnccc1OCCc1ccccc1. The predicted octanol–water partition coefficient (Wildman–Crippen LogP) is 2.16. The average molecular weight is 228 g/mol. The molecule has 3 nitrogen and oxygen atoms in total. The van der Waals surface area contributed by atoms with Crippen molar-refractivity contribution in [3.63, 3.8) is 0 Å². The van der Waals surface area contributed by atoms with Crippen LogP contribution < -0.4 is 10.5 Å². The first kappa shape index (κ1) is 11.6. The minimum atomic E-state index is 0.453. The number of rotatable bonds is 5. The average Bonchev–Trinajstić information content (AvgIpc) is 2.40. The normalized spacial score (nSPS) is 10.2. The number of nitrogens with zero attached hydrogens (tertiary/aromatic N) is 1. The fraction of sp³-hybridized carbons (Fsp3) is 0.214. The number of hydrogen-bond acceptors (Lipinski definition) is 3. The van der Waals surface area contributed by atoms with Crippen LogP contribution in [0.5, 0.6) is 5.75 Å². The molecule has 1 aromatic heterocycles. The molecule has 2 rings (SSSR count). The maximum Gasteiger partial charge on any atom is 0.126 e. The Morgan fingerprint density at radius 2 is 1.94 bits per heavy atom. The maximum atomic E-state index is 5.71. The Kier molecular flexibility index (Phi) is 4.11. The third-order valence-electron chi connectivity index (χ3n) is 2.57. The van der Waals surface area contributed by atoms with E-state index in [4.69, 9.17) is 10.5 Å². The Labute approximate surface area is 101 Å². The summed E-state index contributed by atoms with van der Waals surface area (Å²) in [4.78, 5) is 4.02. The van der Waals surface area contributed by atoms with E-state index in [0.29, 0.717) is 13.2 Å². The Morgan fingerprint density at radius 1 is 1.12 bits per heavy atom. The van der Waals surface area contributed by atoms with Crippen molar-refractivity contribution >= 4 is 0 Å². The number of pyridine rings is 1. The second-order valence-electron chi connectivity index (χ2n) is 3.77. The van der Waals surface area contributed by atoms with E-state index in [9.17, 15) is 0 Å². The minimum absolute atomic E-state index is 0.453. The van der Waals surface area contributed by atoms with Crippen molar-refractivity contribution in [2.75, 3.05) is 6.61 Å². The highest BCUT2D eigenvalue weighted by molar-refractivity contribution is 5.29. The van der Waals surface area contributed by atoms with Crippen LogP contribution in [0.1, 0.15) is 11.1 Å². The molecule has 88 valence electrons. The molecule has 0 atom stereocenters. The van der Waals surface area contributed by atoms with E-state index >= 15 is 0 Å². The summed E-state index contributed by atoms with van der Waals surface area (Å²) >= 11 is 0. The summed E-state index contributed by atoms with van der Waals surface area (Å²) in [6.07, 6.45) is 4.36. The van der Waals surface area contributed by atoms with Gasteiger partial charge in [-0.1, -0.05) is 30.3 Å². The zero-order valence-corrected chi connectivity index (χ0v) is 9.67. The van der Waals surface area contributed by atoms with Crippen molar-refractivity contribution < 1.29 is 4.74 Å². The van der Waals surface area contributed by atoms with Crippen molar-refractivity contribution in [3.8, 4) is 5.75 Å². The summed E-state index contributed by atoms with van der Waals surface area (Å²) in [6, 6.07) is 12.1. The van der Waals surface area contributed by atoms with E-state index in [1.807, 2.05) is 24.3 Å². The monoisotopic (exact) mass is 228 g/mol. The van der Waals surface area contributed by atoms with Crippen LogP contribution >= 0.6 is 0 Å². The van der Waals surface area contributed by atoms with Gasteiger partial charge >= 0.3 is 0 Å². The number of nitrogens with two attached hydrogens (primary N) is 1. The molecule has 2 N–H and O–H groups in total. The second kappa shape index (κ2) is 6.01. The van der Waals surface area contributed by atoms with Crippen LogP contribution in [0.25, 0.3) is 0 Å². The molecule has 0 radical (unpaired) electrons. The zero-order valence-electron chi connectivity index (χ0n) is 9.67. The summed E-state index contributed by atoms with van der Waals surface area (Å²) in [5.74, 6) is 0.832. The van der Waals surface area contributed by atoms with E-state index in [-0.39, 0.29) is 0 Å². The van der Waals surface area contributed by atoms with Crippen LogP contribution in [-0.4, -0.2) is 11.6 Å². The van der Waals surface area contributed by atoms with E-state index in [2.05, 4.69) is 17.1 Å². The lowest BCUT2D eigenvalue weighted by molar-refractivity contribution is 0.318. The topological polar surface area (TPSA) is 48.1 Å². The number of hydrogen-bond donors (Lipinski definition) is 1. The molecule has 3 heteroatoms. The molecule has 0 fully saturated rings. The van der Waals surface area contributed by atoms with Crippen LogP contribution in [0, 0.1) is 0 Å². The summed E-state index contributed by atoms with van der Waals surface area (Å²) in [6.45, 7) is 1.11. The molecule has 0 aliphatic carbocycles. The van der Waals surface area contributed by atoms with Gasteiger partial charge in [0.05, 0.1) is 6.61 Å². The van der Waals surface area contributed by atoms with Crippen molar-refractivity contribution in [2.24, 2.45) is 5.73 Å². The van der Waals surface area contributed by atoms with E-state index < -0.39 is 0 Å². The van der Waals surface area contributed by atoms with Gasteiger partial charge in [-0.3, -0.25) is 4.98 Å². The molecule has 1 heterocycles. The van der Waals surface area contributed by atoms with Gasteiger partial charge in [-0.15, -0.1) is 0 Å². The first-order chi connectivity index (χ1) is 8.40. The van der Waals surface area contributed by atoms with Gasteiger partial charge in [-0.25, -0.2) is 0 Å². The molecule has 0 saturated carbocycles. The first-order valence-electron chi connectivity index (χ1n) is 5.70. The Morgan fingerprint density at radius 3 is 2.71 bits per heavy atom. The van der Waals surface area contributed by atoms with Gasteiger partial charge < -0.3 is 10.5 Å². The molecule has 0 bridgehead atoms. The van der Waals surface area contributed by atoms with Crippen molar-refractivity contribution in [2.45, 2.75) is 13.0 Å². The van der Waals surface area contributed by atoms with Crippen molar-refractivity contribution in [1.82, 2.24) is 4.98 Å². The smallest absolute Gasteiger partial charge is 0.126 e. The third kappa shape index (κ3) is 3.29. The molecule has 1 aromatic carbocycles. The summed E-state index contributed by atoms with van der Waals surface area (Å²) < 4.78 is 5.71. The lowest BCUT2D eigenvalue weighted by atomic mass is 10.2. The van der Waals surface area contributed by atoms with E-state index in [0.717, 1.165) is 17.7 Å². The van der Waals surface area contributed by atoms with Crippen LogP contribution in [0.4, 0.5) is 0 Å². The van der Waals surface area contributed by atoms with Gasteiger partial charge in [0.2, 0.25) is 0 Å². The standard InChI is InChI=1S/C14H16N2O/c15-10-13-11-16-8-6-14(13)17-9-7-12-4-2-1-3-5-12/h1-6,8,11H,7,9-10,15H2. The summed E-state index contributed by atoms with van der Waals surface area (Å²) in [5, 5.41) is 0.